The molecule has 0 spiro atoms. The molecule has 0 bridgehead atoms. The van der Waals surface area contributed by atoms with E-state index < -0.39 is 10.8 Å². The lowest BCUT2D eigenvalue weighted by Gasteiger charge is -2.13. The van der Waals surface area contributed by atoms with E-state index in [1.165, 1.54) is 12.8 Å². The van der Waals surface area contributed by atoms with Gasteiger partial charge in [0.15, 0.2) is 0 Å². The van der Waals surface area contributed by atoms with Crippen molar-refractivity contribution in [1.29, 1.82) is 0 Å². The van der Waals surface area contributed by atoms with Gasteiger partial charge in [0.25, 0.3) is 5.91 Å². The normalized spacial score (nSPS) is 21.0. The molecule has 0 saturated heterocycles. The van der Waals surface area contributed by atoms with Crippen LogP contribution in [-0.4, -0.2) is 39.5 Å². The van der Waals surface area contributed by atoms with E-state index in [0.29, 0.717) is 35.6 Å². The molecule has 3 aliphatic carbocycles. The average molecular weight is 470 g/mol. The van der Waals surface area contributed by atoms with Crippen LogP contribution in [0.15, 0.2) is 46.4 Å². The van der Waals surface area contributed by atoms with Crippen LogP contribution in [0.3, 0.4) is 0 Å². The molecule has 3 fully saturated rings. The highest BCUT2D eigenvalue weighted by Gasteiger charge is 2.34. The van der Waals surface area contributed by atoms with Gasteiger partial charge in [0, 0.05) is 35.1 Å². The fraction of sp³-hybridized carbons (Fsp3) is 0.538. The summed E-state index contributed by atoms with van der Waals surface area (Å²) in [5.41, 5.74) is 8.59. The Bertz CT molecular complexity index is 971. The van der Waals surface area contributed by atoms with Crippen LogP contribution in [0.5, 0.6) is 0 Å². The van der Waals surface area contributed by atoms with Crippen molar-refractivity contribution in [2.45, 2.75) is 73.9 Å². The number of benzene rings is 1. The summed E-state index contributed by atoms with van der Waals surface area (Å²) in [5.74, 6) is 0.632. The number of carbonyl (C=O) groups is 1. The van der Waals surface area contributed by atoms with Crippen molar-refractivity contribution in [3.8, 4) is 0 Å². The van der Waals surface area contributed by atoms with Crippen molar-refractivity contribution in [3.05, 3.63) is 47.7 Å². The summed E-state index contributed by atoms with van der Waals surface area (Å²) < 4.78 is 12.9. The van der Waals surface area contributed by atoms with Gasteiger partial charge in [-0.1, -0.05) is 25.0 Å². The van der Waals surface area contributed by atoms with E-state index in [1.807, 2.05) is 12.1 Å². The lowest BCUT2D eigenvalue weighted by atomic mass is 9.96. The van der Waals surface area contributed by atoms with Gasteiger partial charge in [-0.05, 0) is 86.1 Å². The number of rotatable bonds is 11. The molecule has 178 valence electrons. The minimum Gasteiger partial charge on any atom is -0.396 e. The van der Waals surface area contributed by atoms with Gasteiger partial charge in [0.05, 0.1) is 10.8 Å². The molecule has 0 aromatic heterocycles. The second kappa shape index (κ2) is 11.3. The summed E-state index contributed by atoms with van der Waals surface area (Å²) in [5, 5.41) is 12.1. The average Bonchev–Trinajstić information content (AvgIpc) is 3.75. The number of nitrogens with two attached hydrogens (primary N) is 1. The van der Waals surface area contributed by atoms with Gasteiger partial charge in [0.1, 0.15) is 5.84 Å². The molecule has 1 aromatic rings. The van der Waals surface area contributed by atoms with Crippen molar-refractivity contribution < 1.29 is 14.1 Å². The standard InChI is InChI=1S/C26H35N3O3S/c27-25(12-14-28-13-3-15-30)29-26(31)23(16-18-4-1-2-5-18)20-8-11-24(33(32)21-9-10-21)22(17-20)19-6-7-19/h8,11-12,14,16-19,21,28,30H,1-7,9-10,13,15H2,(H2,27,29,31)/b14-12-,23-16+. The zero-order valence-electron chi connectivity index (χ0n) is 19.2. The zero-order valence-corrected chi connectivity index (χ0v) is 20.0. The lowest BCUT2D eigenvalue weighted by molar-refractivity contribution is -0.112. The molecule has 4 rings (SSSR count). The van der Waals surface area contributed by atoms with Crippen molar-refractivity contribution in [1.82, 2.24) is 5.32 Å². The molecule has 0 radical (unpaired) electrons. The van der Waals surface area contributed by atoms with E-state index in [9.17, 15) is 9.00 Å². The predicted molar refractivity (Wildman–Crippen MR) is 133 cm³/mol. The number of carbonyl (C=O) groups excluding carboxylic acids is 1. The molecule has 3 saturated carbocycles. The molecular weight excluding hydrogens is 434 g/mol. The molecule has 33 heavy (non-hydrogen) atoms. The van der Waals surface area contributed by atoms with E-state index in [2.05, 4.69) is 22.5 Å². The zero-order chi connectivity index (χ0) is 23.2. The van der Waals surface area contributed by atoms with E-state index in [4.69, 9.17) is 10.8 Å². The summed E-state index contributed by atoms with van der Waals surface area (Å²) in [6, 6.07) is 6.01. The Morgan fingerprint density at radius 1 is 1.18 bits per heavy atom. The second-order valence-corrected chi connectivity index (χ2v) is 11.1. The maximum atomic E-state index is 13.2. The van der Waals surface area contributed by atoms with Crippen molar-refractivity contribution in [2.24, 2.45) is 16.6 Å². The largest absolute Gasteiger partial charge is 0.396 e. The molecule has 3 aliphatic rings. The van der Waals surface area contributed by atoms with Gasteiger partial charge < -0.3 is 16.2 Å². The van der Waals surface area contributed by atoms with Crippen molar-refractivity contribution in [3.63, 3.8) is 0 Å². The molecule has 1 unspecified atom stereocenters. The highest BCUT2D eigenvalue weighted by atomic mass is 32.2. The lowest BCUT2D eigenvalue weighted by Crippen LogP contribution is -2.15. The number of nitrogens with one attached hydrogen (secondary N) is 1. The number of allylic oxidation sites excluding steroid dienone is 1. The molecule has 6 nitrogen and oxygen atoms in total. The van der Waals surface area contributed by atoms with Crippen LogP contribution in [0.2, 0.25) is 0 Å². The van der Waals surface area contributed by atoms with Crippen LogP contribution in [0, 0.1) is 5.92 Å². The topological polar surface area (TPSA) is 105 Å². The van der Waals surface area contributed by atoms with E-state index in [0.717, 1.165) is 54.5 Å². The van der Waals surface area contributed by atoms with Gasteiger partial charge >= 0.3 is 0 Å². The Kier molecular flexibility index (Phi) is 8.15. The molecule has 0 aliphatic heterocycles. The van der Waals surface area contributed by atoms with E-state index >= 15 is 0 Å². The Morgan fingerprint density at radius 2 is 1.94 bits per heavy atom. The van der Waals surface area contributed by atoms with Crippen LogP contribution < -0.4 is 11.1 Å². The molecule has 1 atom stereocenters. The minimum absolute atomic E-state index is 0.119. The first-order valence-corrected chi connectivity index (χ1v) is 13.4. The van der Waals surface area contributed by atoms with Gasteiger partial charge in [-0.15, -0.1) is 0 Å². The van der Waals surface area contributed by atoms with Crippen LogP contribution in [0.25, 0.3) is 5.57 Å². The highest BCUT2D eigenvalue weighted by molar-refractivity contribution is 7.86. The van der Waals surface area contributed by atoms with Crippen molar-refractivity contribution >= 4 is 28.1 Å². The number of amidine groups is 1. The number of hydrogen-bond acceptors (Lipinski definition) is 4. The van der Waals surface area contributed by atoms with Gasteiger partial charge in [-0.2, -0.15) is 4.99 Å². The number of hydrogen-bond donors (Lipinski definition) is 3. The maximum absolute atomic E-state index is 13.2. The number of aliphatic imine (C=N–C) groups is 1. The van der Waals surface area contributed by atoms with Gasteiger partial charge in [-0.3, -0.25) is 9.00 Å². The summed E-state index contributed by atoms with van der Waals surface area (Å²) in [4.78, 5) is 18.3. The van der Waals surface area contributed by atoms with Crippen LogP contribution in [0.1, 0.15) is 74.8 Å². The first-order valence-electron chi connectivity index (χ1n) is 12.2. The second-order valence-electron chi connectivity index (χ2n) is 9.35. The number of aliphatic hydroxyl groups excluding tert-OH is 1. The molecule has 1 amide bonds. The third-order valence-corrected chi connectivity index (χ3v) is 8.38. The third kappa shape index (κ3) is 6.64. The smallest absolute Gasteiger partial charge is 0.279 e. The monoisotopic (exact) mass is 469 g/mol. The molecule has 4 N–H and O–H groups in total. The third-order valence-electron chi connectivity index (χ3n) is 6.50. The van der Waals surface area contributed by atoms with Crippen molar-refractivity contribution in [2.75, 3.05) is 13.2 Å². The predicted octanol–water partition coefficient (Wildman–Crippen LogP) is 3.78. The van der Waals surface area contributed by atoms with Crippen LogP contribution in [0.4, 0.5) is 0 Å². The highest BCUT2D eigenvalue weighted by Crippen LogP contribution is 2.45. The van der Waals surface area contributed by atoms with Crippen LogP contribution >= 0.6 is 0 Å². The summed E-state index contributed by atoms with van der Waals surface area (Å²) in [7, 11) is -0.952. The Hall–Kier alpha value is -2.25. The first-order chi connectivity index (χ1) is 16.1. The van der Waals surface area contributed by atoms with Gasteiger partial charge in [0.2, 0.25) is 0 Å². The molecule has 0 heterocycles. The summed E-state index contributed by atoms with van der Waals surface area (Å²) in [6.07, 6.45) is 14.8. The SMILES string of the molecule is NC(/C=C\NCCCO)=NC(=O)/C(=C/C1CCCC1)c1ccc(S(=O)C2CC2)c(C2CC2)c1. The van der Waals surface area contributed by atoms with Crippen LogP contribution in [-0.2, 0) is 15.6 Å². The van der Waals surface area contributed by atoms with Gasteiger partial charge in [-0.25, -0.2) is 0 Å². The molecular formula is C26H35N3O3S. The molecule has 1 aromatic carbocycles. The fourth-order valence-corrected chi connectivity index (χ4v) is 5.93. The van der Waals surface area contributed by atoms with E-state index in [1.54, 1.807) is 12.3 Å². The number of nitrogens with zero attached hydrogens (tertiary/aromatic N) is 1. The Labute approximate surface area is 198 Å². The first kappa shape index (κ1) is 23.9. The fourth-order valence-electron chi connectivity index (χ4n) is 4.35. The molecule has 7 heteroatoms. The maximum Gasteiger partial charge on any atom is 0.279 e. The quantitative estimate of drug-likeness (QED) is 0.198. The summed E-state index contributed by atoms with van der Waals surface area (Å²) in [6.45, 7) is 0.744. The Morgan fingerprint density at radius 3 is 2.61 bits per heavy atom. The summed E-state index contributed by atoms with van der Waals surface area (Å²) >= 11 is 0. The number of amides is 1. The minimum atomic E-state index is -0.952. The number of aliphatic hydroxyl groups is 1. The Balaban J connectivity index is 1.59. The van der Waals surface area contributed by atoms with E-state index in [-0.39, 0.29) is 18.3 Å².